The molecule has 0 bridgehead atoms. The summed E-state index contributed by atoms with van der Waals surface area (Å²) >= 11 is 0. The maximum atomic E-state index is 11.1. The first-order valence-corrected chi connectivity index (χ1v) is 7.31. The van der Waals surface area contributed by atoms with Gasteiger partial charge in [-0.2, -0.15) is 0 Å². The number of carboxylic acid groups (broad SMARTS) is 1. The third-order valence-corrected chi connectivity index (χ3v) is 4.22. The zero-order chi connectivity index (χ0) is 14.5. The largest absolute Gasteiger partial charge is 0.496 e. The second kappa shape index (κ2) is 6.64. The molecule has 0 unspecified atom stereocenters. The number of ether oxygens (including phenoxy) is 1. The molecular formula is C16H23NO3. The number of hydrogen-bond acceptors (Lipinski definition) is 3. The first-order chi connectivity index (χ1) is 9.61. The van der Waals surface area contributed by atoms with Crippen LogP contribution in [0.1, 0.15) is 54.4 Å². The Morgan fingerprint density at radius 2 is 2.10 bits per heavy atom. The highest BCUT2D eigenvalue weighted by molar-refractivity contribution is 5.92. The maximum absolute atomic E-state index is 11.1. The lowest BCUT2D eigenvalue weighted by Crippen LogP contribution is -2.05. The summed E-state index contributed by atoms with van der Waals surface area (Å²) in [6.45, 7) is 0. The second-order valence-electron chi connectivity index (χ2n) is 5.60. The maximum Gasteiger partial charge on any atom is 0.339 e. The Kier molecular flexibility index (Phi) is 4.88. The summed E-state index contributed by atoms with van der Waals surface area (Å²) in [5.41, 5.74) is 7.63. The van der Waals surface area contributed by atoms with E-state index >= 15 is 0 Å². The molecule has 0 heterocycles. The molecule has 4 nitrogen and oxygen atoms in total. The highest BCUT2D eigenvalue weighted by atomic mass is 16.5. The molecule has 0 amide bonds. The molecule has 0 radical (unpaired) electrons. The van der Waals surface area contributed by atoms with Crippen LogP contribution in [-0.4, -0.2) is 18.2 Å². The fraction of sp³-hybridized carbons (Fsp3) is 0.562. The monoisotopic (exact) mass is 277 g/mol. The summed E-state index contributed by atoms with van der Waals surface area (Å²) in [5, 5.41) is 9.10. The Morgan fingerprint density at radius 1 is 1.40 bits per heavy atom. The molecule has 0 spiro atoms. The highest BCUT2D eigenvalue weighted by Crippen LogP contribution is 2.31. The van der Waals surface area contributed by atoms with Gasteiger partial charge in [0.05, 0.1) is 7.11 Å². The second-order valence-corrected chi connectivity index (χ2v) is 5.60. The lowest BCUT2D eigenvalue weighted by Gasteiger charge is -2.12. The third kappa shape index (κ3) is 3.44. The molecule has 20 heavy (non-hydrogen) atoms. The third-order valence-electron chi connectivity index (χ3n) is 4.22. The van der Waals surface area contributed by atoms with Crippen molar-refractivity contribution in [2.75, 3.05) is 12.8 Å². The molecule has 0 saturated heterocycles. The van der Waals surface area contributed by atoms with Gasteiger partial charge in [0.15, 0.2) is 0 Å². The van der Waals surface area contributed by atoms with Gasteiger partial charge < -0.3 is 15.6 Å². The molecule has 0 atom stereocenters. The lowest BCUT2D eigenvalue weighted by atomic mass is 9.97. The first kappa shape index (κ1) is 14.7. The molecule has 1 saturated carbocycles. The van der Waals surface area contributed by atoms with Crippen molar-refractivity contribution in [2.45, 2.75) is 44.9 Å². The van der Waals surface area contributed by atoms with Crippen LogP contribution in [0.2, 0.25) is 0 Å². The molecule has 110 valence electrons. The van der Waals surface area contributed by atoms with Gasteiger partial charge in [-0.15, -0.1) is 0 Å². The van der Waals surface area contributed by atoms with E-state index in [2.05, 4.69) is 0 Å². The molecule has 1 aliphatic rings. The zero-order valence-electron chi connectivity index (χ0n) is 12.0. The van der Waals surface area contributed by atoms with Gasteiger partial charge in [0, 0.05) is 5.69 Å². The van der Waals surface area contributed by atoms with Crippen molar-refractivity contribution < 1.29 is 14.6 Å². The van der Waals surface area contributed by atoms with Crippen LogP contribution in [0.15, 0.2) is 12.1 Å². The smallest absolute Gasteiger partial charge is 0.339 e. The van der Waals surface area contributed by atoms with Gasteiger partial charge in [-0.05, 0) is 36.5 Å². The van der Waals surface area contributed by atoms with Crippen molar-refractivity contribution >= 4 is 11.7 Å². The van der Waals surface area contributed by atoms with E-state index in [4.69, 9.17) is 15.6 Å². The first-order valence-electron chi connectivity index (χ1n) is 7.31. The normalized spacial score (nSPS) is 15.4. The number of carboxylic acids is 1. The average Bonchev–Trinajstić information content (AvgIpc) is 2.93. The summed E-state index contributed by atoms with van der Waals surface area (Å²) in [5.74, 6) is 0.255. The SMILES string of the molecule is COc1cc(CCCC2CCCC2)c(N)cc1C(=O)O. The molecule has 4 heteroatoms. The number of carbonyl (C=O) groups is 1. The van der Waals surface area contributed by atoms with E-state index in [1.807, 2.05) is 0 Å². The number of benzene rings is 1. The van der Waals surface area contributed by atoms with Crippen LogP contribution < -0.4 is 10.5 Å². The molecule has 1 aromatic rings. The quantitative estimate of drug-likeness (QED) is 0.781. The van der Waals surface area contributed by atoms with Crippen molar-refractivity contribution in [3.05, 3.63) is 23.3 Å². The Labute approximate surface area is 119 Å². The number of nitrogen functional groups attached to an aromatic ring is 1. The summed E-state index contributed by atoms with van der Waals surface area (Å²) in [7, 11) is 1.49. The van der Waals surface area contributed by atoms with E-state index in [1.54, 1.807) is 6.07 Å². The van der Waals surface area contributed by atoms with Crippen LogP contribution in [0.3, 0.4) is 0 Å². The minimum atomic E-state index is -1.01. The molecule has 1 aromatic carbocycles. The number of methoxy groups -OCH3 is 1. The summed E-state index contributed by atoms with van der Waals surface area (Å²) < 4.78 is 5.15. The van der Waals surface area contributed by atoms with E-state index in [0.29, 0.717) is 11.4 Å². The van der Waals surface area contributed by atoms with Crippen LogP contribution in [-0.2, 0) is 6.42 Å². The summed E-state index contributed by atoms with van der Waals surface area (Å²) in [4.78, 5) is 11.1. The van der Waals surface area contributed by atoms with Crippen molar-refractivity contribution in [1.29, 1.82) is 0 Å². The molecule has 1 fully saturated rings. The summed E-state index contributed by atoms with van der Waals surface area (Å²) in [6, 6.07) is 3.28. The number of aryl methyl sites for hydroxylation is 1. The number of hydrogen-bond donors (Lipinski definition) is 2. The van der Waals surface area contributed by atoms with Gasteiger partial charge in [0.25, 0.3) is 0 Å². The Balaban J connectivity index is 2.01. The standard InChI is InChI=1S/C16H23NO3/c1-20-15-9-12(14(17)10-13(15)16(18)19)8-4-7-11-5-2-3-6-11/h9-11H,2-8,17H2,1H3,(H,18,19). The number of rotatable bonds is 6. The zero-order valence-corrected chi connectivity index (χ0v) is 12.0. The Morgan fingerprint density at radius 3 is 2.70 bits per heavy atom. The van der Waals surface area contributed by atoms with Crippen molar-refractivity contribution in [3.8, 4) is 5.75 Å². The number of nitrogens with two attached hydrogens (primary N) is 1. The fourth-order valence-electron chi connectivity index (χ4n) is 3.07. The average molecular weight is 277 g/mol. The molecule has 2 rings (SSSR count). The Bertz CT molecular complexity index is 479. The van der Waals surface area contributed by atoms with Crippen LogP contribution in [0.5, 0.6) is 5.75 Å². The van der Waals surface area contributed by atoms with E-state index in [-0.39, 0.29) is 5.56 Å². The van der Waals surface area contributed by atoms with Crippen molar-refractivity contribution in [3.63, 3.8) is 0 Å². The van der Waals surface area contributed by atoms with Crippen LogP contribution in [0.4, 0.5) is 5.69 Å². The van der Waals surface area contributed by atoms with Gasteiger partial charge in [-0.3, -0.25) is 0 Å². The van der Waals surface area contributed by atoms with Gasteiger partial charge in [-0.1, -0.05) is 32.1 Å². The fourth-order valence-corrected chi connectivity index (χ4v) is 3.07. The minimum Gasteiger partial charge on any atom is -0.496 e. The van der Waals surface area contributed by atoms with Crippen LogP contribution in [0.25, 0.3) is 0 Å². The van der Waals surface area contributed by atoms with Crippen molar-refractivity contribution in [2.24, 2.45) is 5.92 Å². The predicted molar refractivity (Wildman–Crippen MR) is 79.3 cm³/mol. The van der Waals surface area contributed by atoms with Gasteiger partial charge >= 0.3 is 5.97 Å². The van der Waals surface area contributed by atoms with Crippen LogP contribution in [0, 0.1) is 5.92 Å². The number of aromatic carboxylic acids is 1. The minimum absolute atomic E-state index is 0.129. The topological polar surface area (TPSA) is 72.5 Å². The van der Waals surface area contributed by atoms with E-state index < -0.39 is 5.97 Å². The molecule has 3 N–H and O–H groups in total. The Hall–Kier alpha value is -1.71. The molecule has 0 aliphatic heterocycles. The van der Waals surface area contributed by atoms with Crippen LogP contribution >= 0.6 is 0 Å². The van der Waals surface area contributed by atoms with Crippen molar-refractivity contribution in [1.82, 2.24) is 0 Å². The molecular weight excluding hydrogens is 254 g/mol. The van der Waals surface area contributed by atoms with E-state index in [1.165, 1.54) is 45.3 Å². The highest BCUT2D eigenvalue weighted by Gasteiger charge is 2.16. The van der Waals surface area contributed by atoms with E-state index in [0.717, 1.165) is 24.3 Å². The van der Waals surface area contributed by atoms with E-state index in [9.17, 15) is 4.79 Å². The number of anilines is 1. The predicted octanol–water partition coefficient (Wildman–Crippen LogP) is 3.49. The van der Waals surface area contributed by atoms with Gasteiger partial charge in [0.2, 0.25) is 0 Å². The lowest BCUT2D eigenvalue weighted by molar-refractivity contribution is 0.0693. The summed E-state index contributed by atoms with van der Waals surface area (Å²) in [6.07, 6.45) is 8.68. The molecule has 1 aliphatic carbocycles. The van der Waals surface area contributed by atoms with Gasteiger partial charge in [0.1, 0.15) is 11.3 Å². The molecule has 0 aromatic heterocycles. The van der Waals surface area contributed by atoms with Gasteiger partial charge in [-0.25, -0.2) is 4.79 Å².